The fourth-order valence-corrected chi connectivity index (χ4v) is 2.02. The molecule has 0 aliphatic rings. The molecule has 0 aliphatic carbocycles. The van der Waals surface area contributed by atoms with Crippen molar-refractivity contribution >= 4 is 22.7 Å². The van der Waals surface area contributed by atoms with E-state index in [9.17, 15) is 0 Å². The van der Waals surface area contributed by atoms with Crippen LogP contribution in [0.2, 0.25) is 0 Å². The Morgan fingerprint density at radius 3 is 2.64 bits per heavy atom. The first kappa shape index (κ1) is 9.66. The number of hydrogen-bond acceptors (Lipinski definition) is 1. The predicted molar refractivity (Wildman–Crippen MR) is 64.2 cm³/mol. The van der Waals surface area contributed by atoms with Crippen molar-refractivity contribution in [3.05, 3.63) is 30.0 Å². The van der Waals surface area contributed by atoms with Crippen molar-refractivity contribution in [2.45, 2.75) is 24.7 Å². The average molecular weight is 205 g/mol. The second-order valence-electron chi connectivity index (χ2n) is 3.83. The van der Waals surface area contributed by atoms with Crippen LogP contribution < -0.4 is 0 Å². The molecule has 0 saturated carbocycles. The summed E-state index contributed by atoms with van der Waals surface area (Å²) in [6, 6.07) is 8.81. The molecule has 2 heteroatoms. The van der Waals surface area contributed by atoms with Crippen LogP contribution >= 0.6 is 11.8 Å². The maximum atomic E-state index is 3.44. The third-order valence-electron chi connectivity index (χ3n) is 2.47. The second-order valence-corrected chi connectivity index (χ2v) is 4.71. The number of aromatic amines is 1. The van der Waals surface area contributed by atoms with Crippen LogP contribution in [0.1, 0.15) is 25.5 Å². The Hall–Kier alpha value is -0.890. The molecule has 1 heterocycles. The summed E-state index contributed by atoms with van der Waals surface area (Å²) in [4.78, 5) is 4.76. The van der Waals surface area contributed by atoms with Crippen LogP contribution in [0.4, 0.5) is 0 Å². The summed E-state index contributed by atoms with van der Waals surface area (Å²) in [6.07, 6.45) is 2.11. The monoisotopic (exact) mass is 205 g/mol. The zero-order valence-electron chi connectivity index (χ0n) is 8.79. The molecule has 74 valence electrons. The third-order valence-corrected chi connectivity index (χ3v) is 3.20. The van der Waals surface area contributed by atoms with Gasteiger partial charge in [0, 0.05) is 21.5 Å². The molecule has 0 aliphatic heterocycles. The molecule has 0 spiro atoms. The van der Waals surface area contributed by atoms with E-state index < -0.39 is 0 Å². The van der Waals surface area contributed by atoms with Crippen molar-refractivity contribution < 1.29 is 0 Å². The van der Waals surface area contributed by atoms with Gasteiger partial charge < -0.3 is 4.98 Å². The van der Waals surface area contributed by atoms with Gasteiger partial charge in [-0.1, -0.05) is 13.8 Å². The standard InChI is InChI=1S/C12H15NS/c1-8(2)12-7-9-6-10(14-3)4-5-11(9)13-12/h4-8,13H,1-3H3. The number of H-pyrrole nitrogens is 1. The molecule has 0 unspecified atom stereocenters. The minimum Gasteiger partial charge on any atom is -0.358 e. The molecule has 1 nitrogen and oxygen atoms in total. The Kier molecular flexibility index (Phi) is 2.55. The van der Waals surface area contributed by atoms with E-state index in [-0.39, 0.29) is 0 Å². The summed E-state index contributed by atoms with van der Waals surface area (Å²) in [5.41, 5.74) is 2.56. The fraction of sp³-hybridized carbons (Fsp3) is 0.333. The third kappa shape index (κ3) is 1.67. The molecule has 0 bridgehead atoms. The number of nitrogens with one attached hydrogen (secondary N) is 1. The quantitative estimate of drug-likeness (QED) is 0.732. The lowest BCUT2D eigenvalue weighted by Gasteiger charge is -1.97. The summed E-state index contributed by atoms with van der Waals surface area (Å²) >= 11 is 1.79. The highest BCUT2D eigenvalue weighted by molar-refractivity contribution is 7.98. The molecule has 0 fully saturated rings. The predicted octanol–water partition coefficient (Wildman–Crippen LogP) is 4.01. The van der Waals surface area contributed by atoms with E-state index in [1.54, 1.807) is 11.8 Å². The van der Waals surface area contributed by atoms with Crippen molar-refractivity contribution in [3.8, 4) is 0 Å². The largest absolute Gasteiger partial charge is 0.358 e. The van der Waals surface area contributed by atoms with Gasteiger partial charge in [0.25, 0.3) is 0 Å². The molecular weight excluding hydrogens is 190 g/mol. The number of rotatable bonds is 2. The maximum Gasteiger partial charge on any atom is 0.0456 e. The van der Waals surface area contributed by atoms with Crippen LogP contribution in [0.15, 0.2) is 29.2 Å². The number of thioether (sulfide) groups is 1. The average Bonchev–Trinajstić information content (AvgIpc) is 2.59. The van der Waals surface area contributed by atoms with Crippen molar-refractivity contribution in [1.82, 2.24) is 4.98 Å². The molecule has 0 atom stereocenters. The maximum absolute atomic E-state index is 3.44. The SMILES string of the molecule is CSc1ccc2[nH]c(C(C)C)cc2c1. The van der Waals surface area contributed by atoms with E-state index >= 15 is 0 Å². The van der Waals surface area contributed by atoms with Gasteiger partial charge in [0.1, 0.15) is 0 Å². The van der Waals surface area contributed by atoms with Crippen molar-refractivity contribution in [2.75, 3.05) is 6.26 Å². The Morgan fingerprint density at radius 2 is 2.00 bits per heavy atom. The van der Waals surface area contributed by atoms with E-state index in [4.69, 9.17) is 0 Å². The minimum absolute atomic E-state index is 0.570. The van der Waals surface area contributed by atoms with E-state index in [1.165, 1.54) is 21.5 Å². The zero-order chi connectivity index (χ0) is 10.1. The Bertz CT molecular complexity index is 443. The summed E-state index contributed by atoms with van der Waals surface area (Å²) < 4.78 is 0. The Morgan fingerprint density at radius 1 is 1.21 bits per heavy atom. The number of benzene rings is 1. The first-order valence-corrected chi connectivity index (χ1v) is 6.10. The number of fused-ring (bicyclic) bond motifs is 1. The molecule has 0 radical (unpaired) electrons. The number of aromatic nitrogens is 1. The van der Waals surface area contributed by atoms with Gasteiger partial charge in [0.2, 0.25) is 0 Å². The fourth-order valence-electron chi connectivity index (χ4n) is 1.57. The van der Waals surface area contributed by atoms with Gasteiger partial charge in [-0.05, 0) is 36.4 Å². The van der Waals surface area contributed by atoms with E-state index in [0.717, 1.165) is 0 Å². The Balaban J connectivity index is 2.54. The van der Waals surface area contributed by atoms with Gasteiger partial charge >= 0.3 is 0 Å². The van der Waals surface area contributed by atoms with Gasteiger partial charge in [-0.15, -0.1) is 11.8 Å². The van der Waals surface area contributed by atoms with Crippen molar-refractivity contribution in [3.63, 3.8) is 0 Å². The zero-order valence-corrected chi connectivity index (χ0v) is 9.61. The molecule has 14 heavy (non-hydrogen) atoms. The Labute approximate surface area is 88.9 Å². The highest BCUT2D eigenvalue weighted by atomic mass is 32.2. The van der Waals surface area contributed by atoms with Gasteiger partial charge in [0.05, 0.1) is 0 Å². The highest BCUT2D eigenvalue weighted by Crippen LogP contribution is 2.25. The van der Waals surface area contributed by atoms with Crippen LogP contribution in [-0.2, 0) is 0 Å². The van der Waals surface area contributed by atoms with Crippen LogP contribution in [-0.4, -0.2) is 11.2 Å². The normalized spacial score (nSPS) is 11.4. The van der Waals surface area contributed by atoms with E-state index in [2.05, 4.69) is 49.4 Å². The molecule has 0 saturated heterocycles. The van der Waals surface area contributed by atoms with Crippen LogP contribution in [0, 0.1) is 0 Å². The highest BCUT2D eigenvalue weighted by Gasteiger charge is 2.04. The van der Waals surface area contributed by atoms with Crippen molar-refractivity contribution in [1.29, 1.82) is 0 Å². The summed E-state index contributed by atoms with van der Waals surface area (Å²) in [5.74, 6) is 0.570. The second kappa shape index (κ2) is 3.70. The molecule has 2 aromatic rings. The van der Waals surface area contributed by atoms with Gasteiger partial charge in [-0.3, -0.25) is 0 Å². The topological polar surface area (TPSA) is 15.8 Å². The summed E-state index contributed by atoms with van der Waals surface area (Å²) in [7, 11) is 0. The van der Waals surface area contributed by atoms with Crippen LogP contribution in [0.25, 0.3) is 10.9 Å². The van der Waals surface area contributed by atoms with Gasteiger partial charge in [-0.25, -0.2) is 0 Å². The first-order valence-electron chi connectivity index (χ1n) is 4.87. The van der Waals surface area contributed by atoms with Crippen LogP contribution in [0.3, 0.4) is 0 Å². The molecular formula is C12H15NS. The summed E-state index contributed by atoms with van der Waals surface area (Å²) in [6.45, 7) is 4.42. The van der Waals surface area contributed by atoms with Gasteiger partial charge in [0.15, 0.2) is 0 Å². The lowest BCUT2D eigenvalue weighted by atomic mass is 10.1. The van der Waals surface area contributed by atoms with Crippen LogP contribution in [0.5, 0.6) is 0 Å². The minimum atomic E-state index is 0.570. The smallest absolute Gasteiger partial charge is 0.0456 e. The van der Waals surface area contributed by atoms with Crippen molar-refractivity contribution in [2.24, 2.45) is 0 Å². The molecule has 1 aromatic heterocycles. The first-order chi connectivity index (χ1) is 6.70. The lowest BCUT2D eigenvalue weighted by molar-refractivity contribution is 0.836. The van der Waals surface area contributed by atoms with Gasteiger partial charge in [-0.2, -0.15) is 0 Å². The molecule has 1 aromatic carbocycles. The molecule has 0 amide bonds. The summed E-state index contributed by atoms with van der Waals surface area (Å²) in [5, 5.41) is 1.32. The van der Waals surface area contributed by atoms with E-state index in [0.29, 0.717) is 5.92 Å². The lowest BCUT2D eigenvalue weighted by Crippen LogP contribution is -1.84. The van der Waals surface area contributed by atoms with E-state index in [1.807, 2.05) is 0 Å². The number of hydrogen-bond donors (Lipinski definition) is 1. The molecule has 1 N–H and O–H groups in total. The molecule has 2 rings (SSSR count).